The number of nitrogens with zero attached hydrogens (tertiary/aromatic N) is 3. The van der Waals surface area contributed by atoms with Crippen LogP contribution in [0, 0.1) is 5.92 Å². The maximum Gasteiger partial charge on any atom is 0.211 e. The summed E-state index contributed by atoms with van der Waals surface area (Å²) in [5.41, 5.74) is 3.03. The SMILES string of the molecule is CCS(=O)(=O)NCC1CCC(Nc2ccc(-c3cccc(N(C)C)c3)nn2)CC1. The lowest BCUT2D eigenvalue weighted by Gasteiger charge is -2.29. The molecule has 2 aromatic rings. The van der Waals surface area contributed by atoms with Crippen LogP contribution in [0.25, 0.3) is 11.3 Å². The molecule has 0 bridgehead atoms. The molecule has 1 aliphatic rings. The monoisotopic (exact) mass is 417 g/mol. The molecule has 29 heavy (non-hydrogen) atoms. The largest absolute Gasteiger partial charge is 0.378 e. The molecular formula is C21H31N5O2S. The molecule has 1 saturated carbocycles. The molecule has 2 N–H and O–H groups in total. The Kier molecular flexibility index (Phi) is 7.08. The number of nitrogens with one attached hydrogen (secondary N) is 2. The van der Waals surface area contributed by atoms with Gasteiger partial charge in [0.25, 0.3) is 0 Å². The Balaban J connectivity index is 1.51. The maximum atomic E-state index is 11.6. The second-order valence-corrected chi connectivity index (χ2v) is 9.96. The van der Waals surface area contributed by atoms with Gasteiger partial charge in [0.15, 0.2) is 0 Å². The van der Waals surface area contributed by atoms with Gasteiger partial charge in [-0.3, -0.25) is 0 Å². The second-order valence-electron chi connectivity index (χ2n) is 7.86. The van der Waals surface area contributed by atoms with Gasteiger partial charge in [-0.2, -0.15) is 0 Å². The highest BCUT2D eigenvalue weighted by molar-refractivity contribution is 7.89. The molecule has 0 spiro atoms. The standard InChI is InChI=1S/C21H31N5O2S/c1-4-29(27,28)22-15-16-8-10-18(11-9-16)23-21-13-12-20(24-25-21)17-6-5-7-19(14-17)26(2)3/h5-7,12-14,16,18,22H,4,8-11,15H2,1-3H3,(H,23,25). The van der Waals surface area contributed by atoms with E-state index in [0.717, 1.165) is 48.4 Å². The smallest absolute Gasteiger partial charge is 0.211 e. The molecule has 0 radical (unpaired) electrons. The molecule has 0 atom stereocenters. The van der Waals surface area contributed by atoms with Crippen LogP contribution in [-0.2, 0) is 10.0 Å². The van der Waals surface area contributed by atoms with Gasteiger partial charge in [-0.25, -0.2) is 13.1 Å². The van der Waals surface area contributed by atoms with Crippen molar-refractivity contribution in [3.63, 3.8) is 0 Å². The average molecular weight is 418 g/mol. The van der Waals surface area contributed by atoms with E-state index in [2.05, 4.69) is 37.3 Å². The van der Waals surface area contributed by atoms with Crippen molar-refractivity contribution in [2.75, 3.05) is 36.6 Å². The van der Waals surface area contributed by atoms with Crippen LogP contribution in [0.1, 0.15) is 32.6 Å². The van der Waals surface area contributed by atoms with E-state index in [1.807, 2.05) is 38.4 Å². The maximum absolute atomic E-state index is 11.6. The van der Waals surface area contributed by atoms with Gasteiger partial charge in [-0.05, 0) is 62.8 Å². The highest BCUT2D eigenvalue weighted by atomic mass is 32.2. The number of benzene rings is 1. The van der Waals surface area contributed by atoms with Gasteiger partial charge in [0.05, 0.1) is 11.4 Å². The molecule has 7 nitrogen and oxygen atoms in total. The summed E-state index contributed by atoms with van der Waals surface area (Å²) in [5.74, 6) is 1.33. The molecular weight excluding hydrogens is 386 g/mol. The fraction of sp³-hybridized carbons (Fsp3) is 0.524. The zero-order chi connectivity index (χ0) is 20.9. The van der Waals surface area contributed by atoms with Crippen LogP contribution in [0.4, 0.5) is 11.5 Å². The van der Waals surface area contributed by atoms with Crippen LogP contribution in [-0.4, -0.2) is 51.0 Å². The fourth-order valence-electron chi connectivity index (χ4n) is 3.57. The minimum atomic E-state index is -3.10. The van der Waals surface area contributed by atoms with Crippen LogP contribution >= 0.6 is 0 Å². The van der Waals surface area contributed by atoms with Crippen molar-refractivity contribution >= 4 is 21.5 Å². The molecule has 3 rings (SSSR count). The first kappa shape index (κ1) is 21.5. The lowest BCUT2D eigenvalue weighted by Crippen LogP contribution is -2.34. The van der Waals surface area contributed by atoms with Crippen molar-refractivity contribution in [3.05, 3.63) is 36.4 Å². The van der Waals surface area contributed by atoms with Crippen molar-refractivity contribution in [3.8, 4) is 11.3 Å². The predicted octanol–water partition coefficient (Wildman–Crippen LogP) is 3.12. The van der Waals surface area contributed by atoms with Crippen molar-refractivity contribution in [1.82, 2.24) is 14.9 Å². The molecule has 0 amide bonds. The first-order valence-corrected chi connectivity index (χ1v) is 11.9. The summed E-state index contributed by atoms with van der Waals surface area (Å²) in [6.45, 7) is 2.21. The summed E-state index contributed by atoms with van der Waals surface area (Å²) in [6, 6.07) is 12.6. The second kappa shape index (κ2) is 9.54. The molecule has 1 heterocycles. The molecule has 0 unspecified atom stereocenters. The van der Waals surface area contributed by atoms with Crippen molar-refractivity contribution < 1.29 is 8.42 Å². The highest BCUT2D eigenvalue weighted by Gasteiger charge is 2.22. The molecule has 1 aliphatic carbocycles. The summed E-state index contributed by atoms with van der Waals surface area (Å²) in [5, 5.41) is 12.2. The number of rotatable bonds is 8. The molecule has 1 aromatic heterocycles. The van der Waals surface area contributed by atoms with E-state index in [0.29, 0.717) is 18.5 Å². The molecule has 0 aliphatic heterocycles. The summed E-state index contributed by atoms with van der Waals surface area (Å²) in [7, 11) is 0.936. The third kappa shape index (κ3) is 6.14. The van der Waals surface area contributed by atoms with Crippen LogP contribution < -0.4 is 14.9 Å². The van der Waals surface area contributed by atoms with Gasteiger partial charge in [-0.15, -0.1) is 10.2 Å². The quantitative estimate of drug-likeness (QED) is 0.686. The Morgan fingerprint density at radius 1 is 1.07 bits per heavy atom. The van der Waals surface area contributed by atoms with Gasteiger partial charge < -0.3 is 10.2 Å². The third-order valence-corrected chi connectivity index (χ3v) is 6.86. The Labute approximate surface area is 174 Å². The zero-order valence-corrected chi connectivity index (χ0v) is 18.2. The Hall–Kier alpha value is -2.19. The number of aromatic nitrogens is 2. The molecule has 158 valence electrons. The minimum absolute atomic E-state index is 0.137. The van der Waals surface area contributed by atoms with E-state index in [-0.39, 0.29) is 5.75 Å². The average Bonchev–Trinajstić information content (AvgIpc) is 2.74. The third-order valence-electron chi connectivity index (χ3n) is 5.49. The lowest BCUT2D eigenvalue weighted by molar-refractivity contribution is 0.337. The number of hydrogen-bond donors (Lipinski definition) is 2. The van der Waals surface area contributed by atoms with E-state index < -0.39 is 10.0 Å². The topological polar surface area (TPSA) is 87.2 Å². The Bertz CT molecular complexity index is 892. The minimum Gasteiger partial charge on any atom is -0.378 e. The summed E-state index contributed by atoms with van der Waals surface area (Å²) >= 11 is 0. The predicted molar refractivity (Wildman–Crippen MR) is 119 cm³/mol. The number of sulfonamides is 1. The van der Waals surface area contributed by atoms with Crippen LogP contribution in [0.5, 0.6) is 0 Å². The molecule has 0 saturated heterocycles. The normalized spacial score (nSPS) is 19.7. The van der Waals surface area contributed by atoms with Gasteiger partial charge in [0.1, 0.15) is 5.82 Å². The molecule has 1 fully saturated rings. The zero-order valence-electron chi connectivity index (χ0n) is 17.4. The van der Waals surface area contributed by atoms with E-state index in [1.54, 1.807) is 6.92 Å². The van der Waals surface area contributed by atoms with E-state index in [9.17, 15) is 8.42 Å². The summed E-state index contributed by atoms with van der Waals surface area (Å²) in [6.07, 6.45) is 4.03. The summed E-state index contributed by atoms with van der Waals surface area (Å²) in [4.78, 5) is 2.07. The Morgan fingerprint density at radius 2 is 1.83 bits per heavy atom. The van der Waals surface area contributed by atoms with Crippen LogP contribution in [0.2, 0.25) is 0 Å². The van der Waals surface area contributed by atoms with Crippen LogP contribution in [0.15, 0.2) is 36.4 Å². The molecule has 8 heteroatoms. The number of anilines is 2. The van der Waals surface area contributed by atoms with Gasteiger partial charge in [0.2, 0.25) is 10.0 Å². The first-order chi connectivity index (χ1) is 13.9. The fourth-order valence-corrected chi connectivity index (χ4v) is 4.27. The van der Waals surface area contributed by atoms with E-state index in [4.69, 9.17) is 0 Å². The highest BCUT2D eigenvalue weighted by Crippen LogP contribution is 2.27. The van der Waals surface area contributed by atoms with Gasteiger partial charge >= 0.3 is 0 Å². The van der Waals surface area contributed by atoms with E-state index in [1.165, 1.54) is 0 Å². The van der Waals surface area contributed by atoms with Crippen LogP contribution in [0.3, 0.4) is 0 Å². The summed E-state index contributed by atoms with van der Waals surface area (Å²) < 4.78 is 25.9. The number of hydrogen-bond acceptors (Lipinski definition) is 6. The van der Waals surface area contributed by atoms with Gasteiger partial charge in [-0.1, -0.05) is 12.1 Å². The van der Waals surface area contributed by atoms with Gasteiger partial charge in [0, 0.05) is 37.9 Å². The van der Waals surface area contributed by atoms with E-state index >= 15 is 0 Å². The lowest BCUT2D eigenvalue weighted by atomic mass is 9.86. The van der Waals surface area contributed by atoms with Crippen molar-refractivity contribution in [2.24, 2.45) is 5.92 Å². The molecule has 1 aromatic carbocycles. The first-order valence-electron chi connectivity index (χ1n) is 10.2. The van der Waals surface area contributed by atoms with Crippen molar-refractivity contribution in [2.45, 2.75) is 38.6 Å². The Morgan fingerprint density at radius 3 is 2.45 bits per heavy atom. The van der Waals surface area contributed by atoms with Crippen molar-refractivity contribution in [1.29, 1.82) is 0 Å².